The smallest absolute Gasteiger partial charge is 0.0242 e. The molecule has 0 aromatic heterocycles. The predicted molar refractivity (Wildman–Crippen MR) is 79.2 cm³/mol. The summed E-state index contributed by atoms with van der Waals surface area (Å²) < 4.78 is 0. The minimum atomic E-state index is 0.648. The van der Waals surface area contributed by atoms with Crippen molar-refractivity contribution in [2.45, 2.75) is 66.0 Å². The first kappa shape index (κ1) is 13.6. The number of benzene rings is 1. The van der Waals surface area contributed by atoms with Gasteiger partial charge in [0.25, 0.3) is 0 Å². The molecule has 0 saturated carbocycles. The zero-order valence-corrected chi connectivity index (χ0v) is 12.6. The van der Waals surface area contributed by atoms with Crippen molar-refractivity contribution in [3.63, 3.8) is 0 Å². The van der Waals surface area contributed by atoms with Crippen LogP contribution in [0.15, 0.2) is 12.1 Å². The summed E-state index contributed by atoms with van der Waals surface area (Å²) in [6.07, 6.45) is 2.39. The lowest BCUT2D eigenvalue weighted by Crippen LogP contribution is -2.36. The number of rotatable bonds is 3. The predicted octanol–water partition coefficient (Wildman–Crippen LogP) is 4.14. The minimum Gasteiger partial charge on any atom is -0.296 e. The highest BCUT2D eigenvalue weighted by atomic mass is 15.1. The van der Waals surface area contributed by atoms with Crippen LogP contribution in [0.1, 0.15) is 62.8 Å². The van der Waals surface area contributed by atoms with Crippen molar-refractivity contribution in [3.05, 3.63) is 34.4 Å². The average molecular weight is 245 g/mol. The molecule has 1 nitrogen and oxygen atoms in total. The lowest BCUT2D eigenvalue weighted by Gasteiger charge is -2.34. The fourth-order valence-corrected chi connectivity index (χ4v) is 3.10. The first-order chi connectivity index (χ1) is 8.54. The van der Waals surface area contributed by atoms with Gasteiger partial charge in [-0.3, -0.25) is 4.90 Å². The molecule has 0 saturated heterocycles. The summed E-state index contributed by atoms with van der Waals surface area (Å²) >= 11 is 0. The molecule has 1 aliphatic heterocycles. The van der Waals surface area contributed by atoms with Gasteiger partial charge in [-0.05, 0) is 54.9 Å². The second kappa shape index (κ2) is 5.44. The molecule has 18 heavy (non-hydrogen) atoms. The van der Waals surface area contributed by atoms with Crippen LogP contribution >= 0.6 is 0 Å². The van der Waals surface area contributed by atoms with E-state index in [0.717, 1.165) is 13.0 Å². The van der Waals surface area contributed by atoms with Gasteiger partial charge in [-0.2, -0.15) is 0 Å². The SMILES string of the molecule is CCc1ccc(C(C)C)c2c1CN(C(C)C)CC2. The standard InChI is InChI=1S/C17H27N/c1-6-14-7-8-15(12(2)3)16-9-10-18(13(4)5)11-17(14)16/h7-8,12-13H,6,9-11H2,1-5H3. The highest BCUT2D eigenvalue weighted by molar-refractivity contribution is 5.44. The lowest BCUT2D eigenvalue weighted by atomic mass is 9.85. The van der Waals surface area contributed by atoms with Gasteiger partial charge in [0.2, 0.25) is 0 Å². The van der Waals surface area contributed by atoms with Gasteiger partial charge in [0, 0.05) is 19.1 Å². The maximum atomic E-state index is 2.60. The molecular formula is C17H27N. The van der Waals surface area contributed by atoms with Crippen molar-refractivity contribution < 1.29 is 0 Å². The van der Waals surface area contributed by atoms with Gasteiger partial charge in [-0.1, -0.05) is 32.9 Å². The van der Waals surface area contributed by atoms with E-state index in [0.29, 0.717) is 12.0 Å². The number of nitrogens with zero attached hydrogens (tertiary/aromatic N) is 1. The molecule has 0 atom stereocenters. The molecule has 2 rings (SSSR count). The van der Waals surface area contributed by atoms with E-state index in [-0.39, 0.29) is 0 Å². The fraction of sp³-hybridized carbons (Fsp3) is 0.647. The normalized spacial score (nSPS) is 16.4. The molecule has 0 spiro atoms. The van der Waals surface area contributed by atoms with Gasteiger partial charge in [-0.25, -0.2) is 0 Å². The van der Waals surface area contributed by atoms with Crippen molar-refractivity contribution in [1.82, 2.24) is 4.90 Å². The van der Waals surface area contributed by atoms with Crippen LogP contribution in [0.4, 0.5) is 0 Å². The molecule has 0 fully saturated rings. The highest BCUT2D eigenvalue weighted by Crippen LogP contribution is 2.31. The molecule has 1 heterocycles. The molecular weight excluding hydrogens is 218 g/mol. The zero-order valence-electron chi connectivity index (χ0n) is 12.6. The van der Waals surface area contributed by atoms with Gasteiger partial charge < -0.3 is 0 Å². The van der Waals surface area contributed by atoms with Crippen LogP contribution in [0, 0.1) is 0 Å². The Hall–Kier alpha value is -0.820. The molecule has 1 aromatic carbocycles. The summed E-state index contributed by atoms with van der Waals surface area (Å²) in [4.78, 5) is 2.60. The Balaban J connectivity index is 2.43. The molecule has 100 valence electrons. The summed E-state index contributed by atoms with van der Waals surface area (Å²) in [6, 6.07) is 5.39. The van der Waals surface area contributed by atoms with Gasteiger partial charge in [0.15, 0.2) is 0 Å². The van der Waals surface area contributed by atoms with E-state index in [9.17, 15) is 0 Å². The third-order valence-electron chi connectivity index (χ3n) is 4.31. The Morgan fingerprint density at radius 3 is 2.39 bits per heavy atom. The van der Waals surface area contributed by atoms with E-state index >= 15 is 0 Å². The zero-order chi connectivity index (χ0) is 13.3. The van der Waals surface area contributed by atoms with Crippen molar-refractivity contribution in [3.8, 4) is 0 Å². The molecule has 1 heteroatoms. The lowest BCUT2D eigenvalue weighted by molar-refractivity contribution is 0.202. The molecule has 0 N–H and O–H groups in total. The summed E-state index contributed by atoms with van der Waals surface area (Å²) in [7, 11) is 0. The topological polar surface area (TPSA) is 3.24 Å². The van der Waals surface area contributed by atoms with Gasteiger partial charge >= 0.3 is 0 Å². The van der Waals surface area contributed by atoms with E-state index in [1.54, 1.807) is 22.3 Å². The summed E-state index contributed by atoms with van der Waals surface area (Å²) in [5.74, 6) is 0.648. The van der Waals surface area contributed by atoms with Crippen LogP contribution < -0.4 is 0 Å². The van der Waals surface area contributed by atoms with Crippen LogP contribution in [-0.4, -0.2) is 17.5 Å². The van der Waals surface area contributed by atoms with Crippen molar-refractivity contribution in [2.24, 2.45) is 0 Å². The van der Waals surface area contributed by atoms with Gasteiger partial charge in [-0.15, -0.1) is 0 Å². The number of fused-ring (bicyclic) bond motifs is 1. The molecule has 0 radical (unpaired) electrons. The van der Waals surface area contributed by atoms with Gasteiger partial charge in [0.1, 0.15) is 0 Å². The number of hydrogen-bond donors (Lipinski definition) is 0. The number of hydrogen-bond acceptors (Lipinski definition) is 1. The van der Waals surface area contributed by atoms with E-state index < -0.39 is 0 Å². The van der Waals surface area contributed by atoms with E-state index in [1.165, 1.54) is 13.0 Å². The number of aryl methyl sites for hydroxylation is 1. The fourth-order valence-electron chi connectivity index (χ4n) is 3.10. The van der Waals surface area contributed by atoms with Gasteiger partial charge in [0.05, 0.1) is 0 Å². The minimum absolute atomic E-state index is 0.648. The van der Waals surface area contributed by atoms with Crippen LogP contribution in [0.3, 0.4) is 0 Å². The largest absolute Gasteiger partial charge is 0.296 e. The molecule has 1 aliphatic rings. The second-order valence-electron chi connectivity index (χ2n) is 6.09. The third kappa shape index (κ3) is 2.47. The average Bonchev–Trinajstić information content (AvgIpc) is 2.36. The third-order valence-corrected chi connectivity index (χ3v) is 4.31. The summed E-state index contributed by atoms with van der Waals surface area (Å²) in [5.41, 5.74) is 6.41. The Labute approximate surface area is 112 Å². The Kier molecular flexibility index (Phi) is 4.11. The summed E-state index contributed by atoms with van der Waals surface area (Å²) in [5, 5.41) is 0. The first-order valence-corrected chi connectivity index (χ1v) is 7.42. The van der Waals surface area contributed by atoms with Crippen molar-refractivity contribution in [1.29, 1.82) is 0 Å². The molecule has 0 aliphatic carbocycles. The quantitative estimate of drug-likeness (QED) is 0.773. The van der Waals surface area contributed by atoms with Crippen molar-refractivity contribution in [2.75, 3.05) is 6.54 Å². The molecule has 1 aromatic rings. The first-order valence-electron chi connectivity index (χ1n) is 7.42. The van der Waals surface area contributed by atoms with E-state index in [2.05, 4.69) is 51.7 Å². The van der Waals surface area contributed by atoms with E-state index in [4.69, 9.17) is 0 Å². The van der Waals surface area contributed by atoms with Crippen LogP contribution in [0.5, 0.6) is 0 Å². The maximum absolute atomic E-state index is 2.60. The van der Waals surface area contributed by atoms with Crippen LogP contribution in [-0.2, 0) is 19.4 Å². The second-order valence-corrected chi connectivity index (χ2v) is 6.09. The van der Waals surface area contributed by atoms with E-state index in [1.807, 2.05) is 0 Å². The van der Waals surface area contributed by atoms with Crippen molar-refractivity contribution >= 4 is 0 Å². The Bertz CT molecular complexity index is 418. The maximum Gasteiger partial charge on any atom is 0.0242 e. The molecule has 0 bridgehead atoms. The molecule has 0 amide bonds. The monoisotopic (exact) mass is 245 g/mol. The van der Waals surface area contributed by atoms with Crippen LogP contribution in [0.2, 0.25) is 0 Å². The summed E-state index contributed by atoms with van der Waals surface area (Å²) in [6.45, 7) is 13.9. The Morgan fingerprint density at radius 2 is 1.83 bits per heavy atom. The Morgan fingerprint density at radius 1 is 1.11 bits per heavy atom. The van der Waals surface area contributed by atoms with Crippen LogP contribution in [0.25, 0.3) is 0 Å². The molecule has 0 unspecified atom stereocenters. The highest BCUT2D eigenvalue weighted by Gasteiger charge is 2.23.